The molecule has 0 atom stereocenters. The van der Waals surface area contributed by atoms with Crippen molar-refractivity contribution in [1.82, 2.24) is 0 Å². The Morgan fingerprint density at radius 1 is 1.17 bits per heavy atom. The van der Waals surface area contributed by atoms with E-state index in [1.807, 2.05) is 6.07 Å². The molecule has 2 aromatic carbocycles. The fraction of sp³-hybridized carbons (Fsp3) is 0.0556. The van der Waals surface area contributed by atoms with Gasteiger partial charge in [-0.3, -0.25) is 4.79 Å². The second-order valence-electron chi connectivity index (χ2n) is 4.70. The van der Waals surface area contributed by atoms with Gasteiger partial charge in [-0.15, -0.1) is 0 Å². The van der Waals surface area contributed by atoms with Gasteiger partial charge in [0.1, 0.15) is 17.6 Å². The molecule has 0 amide bonds. The van der Waals surface area contributed by atoms with E-state index in [1.165, 1.54) is 19.2 Å². The third-order valence-corrected chi connectivity index (χ3v) is 3.13. The number of hydrogen-bond donors (Lipinski definition) is 1. The van der Waals surface area contributed by atoms with Crippen LogP contribution in [0.25, 0.3) is 0 Å². The Hall–Kier alpha value is -3.46. The van der Waals surface area contributed by atoms with E-state index in [0.717, 1.165) is 18.2 Å². The molecule has 120 valence electrons. The summed E-state index contributed by atoms with van der Waals surface area (Å²) in [5, 5.41) is 11.8. The summed E-state index contributed by atoms with van der Waals surface area (Å²) in [7, 11) is 1.18. The van der Waals surface area contributed by atoms with Crippen LogP contribution in [0.2, 0.25) is 0 Å². The molecular formula is C18H13FN2O3. The summed E-state index contributed by atoms with van der Waals surface area (Å²) < 4.78 is 17.6. The first-order chi connectivity index (χ1) is 11.5. The highest BCUT2D eigenvalue weighted by Gasteiger charge is 2.15. The van der Waals surface area contributed by atoms with Gasteiger partial charge in [0.05, 0.1) is 18.4 Å². The van der Waals surface area contributed by atoms with Crippen LogP contribution in [0.4, 0.5) is 10.1 Å². The molecule has 0 aromatic heterocycles. The number of para-hydroxylation sites is 1. The molecule has 0 bridgehead atoms. The largest absolute Gasteiger partial charge is 0.464 e. The van der Waals surface area contributed by atoms with Crippen molar-refractivity contribution in [3.8, 4) is 6.07 Å². The highest BCUT2D eigenvalue weighted by atomic mass is 19.1. The summed E-state index contributed by atoms with van der Waals surface area (Å²) in [5.74, 6) is -1.74. The number of halogens is 1. The lowest BCUT2D eigenvalue weighted by Crippen LogP contribution is -2.15. The second-order valence-corrected chi connectivity index (χ2v) is 4.70. The molecule has 2 aromatic rings. The molecule has 0 heterocycles. The first-order valence-electron chi connectivity index (χ1n) is 6.91. The van der Waals surface area contributed by atoms with Crippen LogP contribution in [0.1, 0.15) is 15.9 Å². The first-order valence-corrected chi connectivity index (χ1v) is 6.91. The topological polar surface area (TPSA) is 79.2 Å². The molecule has 0 fully saturated rings. The normalized spacial score (nSPS) is 10.6. The van der Waals surface area contributed by atoms with Gasteiger partial charge in [0.25, 0.3) is 0 Å². The predicted molar refractivity (Wildman–Crippen MR) is 85.6 cm³/mol. The lowest BCUT2D eigenvalue weighted by molar-refractivity contribution is -0.135. The van der Waals surface area contributed by atoms with Gasteiger partial charge in [0.15, 0.2) is 5.78 Å². The van der Waals surface area contributed by atoms with E-state index in [1.54, 1.807) is 24.3 Å². The number of nitriles is 1. The van der Waals surface area contributed by atoms with Crippen molar-refractivity contribution in [3.05, 3.63) is 77.2 Å². The second kappa shape index (κ2) is 7.70. The molecular weight excluding hydrogens is 311 g/mol. The summed E-state index contributed by atoms with van der Waals surface area (Å²) in [6.07, 6.45) is 1.05. The van der Waals surface area contributed by atoms with E-state index in [9.17, 15) is 14.0 Å². The van der Waals surface area contributed by atoms with E-state index < -0.39 is 17.6 Å². The average molecular weight is 324 g/mol. The monoisotopic (exact) mass is 324 g/mol. The number of methoxy groups -OCH3 is 1. The summed E-state index contributed by atoms with van der Waals surface area (Å²) in [5.41, 5.74) is 0.757. The minimum atomic E-state index is -0.766. The number of esters is 1. The lowest BCUT2D eigenvalue weighted by Gasteiger charge is -2.10. The maximum absolute atomic E-state index is 12.9. The minimum Gasteiger partial charge on any atom is -0.464 e. The van der Waals surface area contributed by atoms with Gasteiger partial charge < -0.3 is 10.1 Å². The number of nitrogens with one attached hydrogen (secondary N) is 1. The molecule has 0 saturated carbocycles. The van der Waals surface area contributed by atoms with E-state index in [0.29, 0.717) is 11.3 Å². The fourth-order valence-electron chi connectivity index (χ4n) is 1.92. The molecule has 1 N–H and O–H groups in total. The van der Waals surface area contributed by atoms with Crippen LogP contribution >= 0.6 is 0 Å². The van der Waals surface area contributed by atoms with Gasteiger partial charge in [-0.05, 0) is 36.4 Å². The van der Waals surface area contributed by atoms with E-state index in [4.69, 9.17) is 5.26 Å². The number of anilines is 1. The maximum Gasteiger partial charge on any atom is 0.354 e. The standard InChI is InChI=1S/C18H13FN2O3/c1-24-18(23)16(21-15-5-3-2-4-13(15)11-20)10-17(22)12-6-8-14(19)9-7-12/h2-10,21H,1H3. The molecule has 2 rings (SSSR count). The Kier molecular flexibility index (Phi) is 5.42. The Morgan fingerprint density at radius 3 is 2.46 bits per heavy atom. The Labute approximate surface area is 138 Å². The highest BCUT2D eigenvalue weighted by molar-refractivity contribution is 6.09. The molecule has 0 saturated heterocycles. The van der Waals surface area contributed by atoms with Crippen LogP contribution in [0.15, 0.2) is 60.3 Å². The third-order valence-electron chi connectivity index (χ3n) is 3.13. The van der Waals surface area contributed by atoms with Crippen molar-refractivity contribution in [2.75, 3.05) is 12.4 Å². The molecule has 0 radical (unpaired) electrons. The number of rotatable bonds is 5. The Bertz CT molecular complexity index is 836. The minimum absolute atomic E-state index is 0.130. The van der Waals surface area contributed by atoms with Crippen LogP contribution < -0.4 is 5.32 Å². The van der Waals surface area contributed by atoms with Crippen LogP contribution in [-0.4, -0.2) is 18.9 Å². The molecule has 0 spiro atoms. The van der Waals surface area contributed by atoms with Gasteiger partial charge in [0, 0.05) is 11.6 Å². The van der Waals surface area contributed by atoms with Gasteiger partial charge >= 0.3 is 5.97 Å². The van der Waals surface area contributed by atoms with E-state index in [2.05, 4.69) is 10.1 Å². The Morgan fingerprint density at radius 2 is 1.83 bits per heavy atom. The summed E-state index contributed by atoms with van der Waals surface area (Å²) in [6, 6.07) is 13.4. The summed E-state index contributed by atoms with van der Waals surface area (Å²) in [4.78, 5) is 24.1. The fourth-order valence-corrected chi connectivity index (χ4v) is 1.92. The first kappa shape index (κ1) is 16.9. The number of ketones is 1. The number of hydrogen-bond acceptors (Lipinski definition) is 5. The maximum atomic E-state index is 12.9. The van der Waals surface area contributed by atoms with Gasteiger partial charge in [-0.2, -0.15) is 5.26 Å². The number of carbonyl (C=O) groups is 2. The number of benzene rings is 2. The van der Waals surface area contributed by atoms with Gasteiger partial charge in [-0.1, -0.05) is 12.1 Å². The summed E-state index contributed by atoms with van der Waals surface area (Å²) >= 11 is 0. The van der Waals surface area contributed by atoms with E-state index in [-0.39, 0.29) is 11.3 Å². The predicted octanol–water partition coefficient (Wildman–Crippen LogP) is 3.05. The van der Waals surface area contributed by atoms with Crippen LogP contribution in [0.3, 0.4) is 0 Å². The molecule has 24 heavy (non-hydrogen) atoms. The molecule has 0 aliphatic carbocycles. The van der Waals surface area contributed by atoms with Crippen molar-refractivity contribution in [3.63, 3.8) is 0 Å². The smallest absolute Gasteiger partial charge is 0.354 e. The number of ether oxygens (including phenoxy) is 1. The lowest BCUT2D eigenvalue weighted by atomic mass is 10.1. The molecule has 6 heteroatoms. The van der Waals surface area contributed by atoms with Crippen molar-refractivity contribution >= 4 is 17.4 Å². The molecule has 0 aliphatic rings. The quantitative estimate of drug-likeness (QED) is 0.519. The van der Waals surface area contributed by atoms with Crippen molar-refractivity contribution < 1.29 is 18.7 Å². The SMILES string of the molecule is COC(=O)C(=CC(=O)c1ccc(F)cc1)Nc1ccccc1C#N. The zero-order valence-corrected chi connectivity index (χ0v) is 12.7. The van der Waals surface area contributed by atoms with Gasteiger partial charge in [0.2, 0.25) is 0 Å². The molecule has 5 nitrogen and oxygen atoms in total. The highest BCUT2D eigenvalue weighted by Crippen LogP contribution is 2.17. The Balaban J connectivity index is 2.34. The summed E-state index contributed by atoms with van der Waals surface area (Å²) in [6.45, 7) is 0. The van der Waals surface area contributed by atoms with Crippen molar-refractivity contribution in [1.29, 1.82) is 5.26 Å². The number of carbonyl (C=O) groups excluding carboxylic acids is 2. The number of nitrogens with zero attached hydrogens (tertiary/aromatic N) is 1. The van der Waals surface area contributed by atoms with Crippen molar-refractivity contribution in [2.45, 2.75) is 0 Å². The third kappa shape index (κ3) is 4.05. The van der Waals surface area contributed by atoms with E-state index >= 15 is 0 Å². The number of allylic oxidation sites excluding steroid dienone is 1. The zero-order valence-electron chi connectivity index (χ0n) is 12.7. The van der Waals surface area contributed by atoms with Crippen LogP contribution in [0.5, 0.6) is 0 Å². The van der Waals surface area contributed by atoms with Crippen LogP contribution in [-0.2, 0) is 9.53 Å². The average Bonchev–Trinajstić information content (AvgIpc) is 2.61. The molecule has 0 unspecified atom stereocenters. The van der Waals surface area contributed by atoms with Gasteiger partial charge in [-0.25, -0.2) is 9.18 Å². The van der Waals surface area contributed by atoms with Crippen LogP contribution in [0, 0.1) is 17.1 Å². The molecule has 0 aliphatic heterocycles. The zero-order chi connectivity index (χ0) is 17.5. The van der Waals surface area contributed by atoms with Crippen molar-refractivity contribution in [2.24, 2.45) is 0 Å².